The van der Waals surface area contributed by atoms with Crippen LogP contribution in [0.2, 0.25) is 0 Å². The number of thiol groups is 1. The molecule has 214 valence electrons. The van der Waals surface area contributed by atoms with Crippen LogP contribution in [0.3, 0.4) is 0 Å². The van der Waals surface area contributed by atoms with E-state index in [0.29, 0.717) is 18.6 Å². The number of nitrogens with one attached hydrogen (secondary N) is 4. The summed E-state index contributed by atoms with van der Waals surface area (Å²) in [4.78, 5) is 54.0. The molecule has 0 saturated carbocycles. The van der Waals surface area contributed by atoms with Gasteiger partial charge in [-0.3, -0.25) is 14.4 Å². The predicted molar refractivity (Wildman–Crippen MR) is 160 cm³/mol. The van der Waals surface area contributed by atoms with E-state index < -0.39 is 47.9 Å². The normalized spacial score (nSPS) is 14.1. The minimum absolute atomic E-state index is 0.0457. The van der Waals surface area contributed by atoms with Crippen LogP contribution in [0.4, 0.5) is 0 Å². The smallest absolute Gasteiger partial charge is 0.326 e. The largest absolute Gasteiger partial charge is 0.480 e. The standard InChI is InChI=1S/C28H35N5O5S2/c1-40-12-11-22(31-25(34)20(29)13-17-7-3-2-4-8-17)26(35)33-24(16-39)27(36)32-23(28(37)38)14-18-15-30-21-10-6-5-9-19(18)21/h2-10,15,20,22-24,30,39H,11-14,16,29H2,1H3,(H,31,34)(H,32,36)(H,33,35)(H,37,38). The molecule has 10 nitrogen and oxygen atoms in total. The highest BCUT2D eigenvalue weighted by molar-refractivity contribution is 7.98. The first-order chi connectivity index (χ1) is 19.2. The number of carboxylic acids is 1. The number of fused-ring (bicyclic) bond motifs is 1. The van der Waals surface area contributed by atoms with Gasteiger partial charge in [-0.25, -0.2) is 4.79 Å². The van der Waals surface area contributed by atoms with Gasteiger partial charge >= 0.3 is 5.97 Å². The molecule has 0 aliphatic carbocycles. The summed E-state index contributed by atoms with van der Waals surface area (Å²) in [6.45, 7) is 0. The fourth-order valence-electron chi connectivity index (χ4n) is 4.20. The van der Waals surface area contributed by atoms with Gasteiger partial charge in [0, 0.05) is 29.3 Å². The zero-order chi connectivity index (χ0) is 29.1. The molecule has 4 unspecified atom stereocenters. The van der Waals surface area contributed by atoms with Crippen LogP contribution in [0.15, 0.2) is 60.8 Å². The lowest BCUT2D eigenvalue weighted by atomic mass is 10.0. The number of carboxylic acid groups (broad SMARTS) is 1. The van der Waals surface area contributed by atoms with Crippen LogP contribution >= 0.6 is 24.4 Å². The molecule has 12 heteroatoms. The average Bonchev–Trinajstić information content (AvgIpc) is 3.36. The molecule has 0 fully saturated rings. The van der Waals surface area contributed by atoms with Gasteiger partial charge in [-0.15, -0.1) is 0 Å². The van der Waals surface area contributed by atoms with Crippen molar-refractivity contribution in [3.8, 4) is 0 Å². The van der Waals surface area contributed by atoms with E-state index in [2.05, 4.69) is 33.6 Å². The summed E-state index contributed by atoms with van der Waals surface area (Å²) in [5, 5.41) is 18.5. The Hall–Kier alpha value is -3.48. The Labute approximate surface area is 242 Å². The van der Waals surface area contributed by atoms with Crippen LogP contribution in [0.25, 0.3) is 10.9 Å². The van der Waals surface area contributed by atoms with E-state index in [1.54, 1.807) is 6.20 Å². The van der Waals surface area contributed by atoms with E-state index >= 15 is 0 Å². The second kappa shape index (κ2) is 15.3. The number of para-hydroxylation sites is 1. The minimum Gasteiger partial charge on any atom is -0.480 e. The summed E-state index contributed by atoms with van der Waals surface area (Å²) in [5.41, 5.74) is 8.58. The molecule has 1 heterocycles. The molecule has 3 aromatic rings. The summed E-state index contributed by atoms with van der Waals surface area (Å²) in [6, 6.07) is 12.6. The van der Waals surface area contributed by atoms with Crippen LogP contribution < -0.4 is 21.7 Å². The quantitative estimate of drug-likeness (QED) is 0.133. The maximum Gasteiger partial charge on any atom is 0.326 e. The highest BCUT2D eigenvalue weighted by atomic mass is 32.2. The number of rotatable bonds is 15. The summed E-state index contributed by atoms with van der Waals surface area (Å²) in [7, 11) is 0. The molecular weight excluding hydrogens is 550 g/mol. The Balaban J connectivity index is 1.63. The molecule has 0 spiro atoms. The lowest BCUT2D eigenvalue weighted by molar-refractivity contribution is -0.142. The van der Waals surface area contributed by atoms with E-state index in [-0.39, 0.29) is 12.2 Å². The van der Waals surface area contributed by atoms with Crippen LogP contribution in [0.5, 0.6) is 0 Å². The highest BCUT2D eigenvalue weighted by Gasteiger charge is 2.30. The number of hydrogen-bond acceptors (Lipinski definition) is 7. The average molecular weight is 586 g/mol. The lowest BCUT2D eigenvalue weighted by Gasteiger charge is -2.24. The van der Waals surface area contributed by atoms with Gasteiger partial charge in [0.05, 0.1) is 6.04 Å². The monoisotopic (exact) mass is 585 g/mol. The Kier molecular flexibility index (Phi) is 11.9. The Bertz CT molecular complexity index is 1300. The molecule has 2 aromatic carbocycles. The highest BCUT2D eigenvalue weighted by Crippen LogP contribution is 2.19. The molecule has 0 bridgehead atoms. The summed E-state index contributed by atoms with van der Waals surface area (Å²) in [5.74, 6) is -2.45. The van der Waals surface area contributed by atoms with Gasteiger partial charge in [-0.1, -0.05) is 48.5 Å². The van der Waals surface area contributed by atoms with Crippen molar-refractivity contribution in [2.75, 3.05) is 17.8 Å². The van der Waals surface area contributed by atoms with Crippen molar-refractivity contribution >= 4 is 59.0 Å². The number of benzene rings is 2. The molecule has 0 aliphatic heterocycles. The molecule has 1 aromatic heterocycles. The number of aromatic amines is 1. The third-order valence-corrected chi connectivity index (χ3v) is 7.42. The fourth-order valence-corrected chi connectivity index (χ4v) is 4.93. The molecule has 0 saturated heterocycles. The zero-order valence-corrected chi connectivity index (χ0v) is 23.8. The second-order valence-electron chi connectivity index (χ2n) is 9.35. The number of nitrogens with two attached hydrogens (primary N) is 1. The Morgan fingerprint density at radius 2 is 1.52 bits per heavy atom. The summed E-state index contributed by atoms with van der Waals surface area (Å²) in [6.07, 6.45) is 4.26. The van der Waals surface area contributed by atoms with Crippen molar-refractivity contribution in [1.29, 1.82) is 0 Å². The molecule has 4 atom stereocenters. The molecule has 0 aliphatic rings. The number of carbonyl (C=O) groups is 4. The Morgan fingerprint density at radius 3 is 2.20 bits per heavy atom. The van der Waals surface area contributed by atoms with Gasteiger partial charge in [-0.2, -0.15) is 24.4 Å². The van der Waals surface area contributed by atoms with Crippen molar-refractivity contribution in [2.24, 2.45) is 5.73 Å². The molecule has 3 rings (SSSR count). The van der Waals surface area contributed by atoms with Crippen molar-refractivity contribution in [2.45, 2.75) is 43.4 Å². The van der Waals surface area contributed by atoms with E-state index in [0.717, 1.165) is 22.0 Å². The van der Waals surface area contributed by atoms with Gasteiger partial charge in [0.25, 0.3) is 0 Å². The number of aromatic nitrogens is 1. The number of carbonyl (C=O) groups excluding carboxylic acids is 3. The van der Waals surface area contributed by atoms with Gasteiger partial charge in [0.1, 0.15) is 18.1 Å². The summed E-state index contributed by atoms with van der Waals surface area (Å²) >= 11 is 5.70. The first-order valence-electron chi connectivity index (χ1n) is 12.8. The minimum atomic E-state index is -1.23. The van der Waals surface area contributed by atoms with Crippen LogP contribution in [0, 0.1) is 0 Å². The Morgan fingerprint density at radius 1 is 0.900 bits per heavy atom. The number of aliphatic carboxylic acids is 1. The van der Waals surface area contributed by atoms with Crippen molar-refractivity contribution in [3.05, 3.63) is 71.9 Å². The molecule has 3 amide bonds. The molecule has 7 N–H and O–H groups in total. The van der Waals surface area contributed by atoms with Gasteiger partial charge in [0.15, 0.2) is 0 Å². The van der Waals surface area contributed by atoms with Crippen molar-refractivity contribution < 1.29 is 24.3 Å². The van der Waals surface area contributed by atoms with Crippen LogP contribution in [-0.2, 0) is 32.0 Å². The third kappa shape index (κ3) is 8.77. The number of amides is 3. The van der Waals surface area contributed by atoms with E-state index in [4.69, 9.17) is 5.73 Å². The molecular formula is C28H35N5O5S2. The van der Waals surface area contributed by atoms with Crippen molar-refractivity contribution in [1.82, 2.24) is 20.9 Å². The van der Waals surface area contributed by atoms with Crippen LogP contribution in [-0.4, -0.2) is 75.7 Å². The first kappa shape index (κ1) is 31.1. The zero-order valence-electron chi connectivity index (χ0n) is 22.1. The van der Waals surface area contributed by atoms with Gasteiger partial charge in [-0.05, 0) is 42.0 Å². The topological polar surface area (TPSA) is 166 Å². The van der Waals surface area contributed by atoms with Crippen LogP contribution in [0.1, 0.15) is 17.5 Å². The molecule has 40 heavy (non-hydrogen) atoms. The maximum atomic E-state index is 13.2. The first-order valence-corrected chi connectivity index (χ1v) is 14.8. The number of hydrogen-bond donors (Lipinski definition) is 7. The second-order valence-corrected chi connectivity index (χ2v) is 10.7. The fraction of sp³-hybridized carbons (Fsp3) is 0.357. The van der Waals surface area contributed by atoms with E-state index in [1.807, 2.05) is 60.9 Å². The van der Waals surface area contributed by atoms with Gasteiger partial charge in [0.2, 0.25) is 17.7 Å². The maximum absolute atomic E-state index is 13.2. The SMILES string of the molecule is CSCCC(NC(=O)C(N)Cc1ccccc1)C(=O)NC(CS)C(=O)NC(Cc1c[nH]c2ccccc12)C(=O)O. The van der Waals surface area contributed by atoms with Gasteiger partial charge < -0.3 is 31.8 Å². The van der Waals surface area contributed by atoms with Crippen molar-refractivity contribution in [3.63, 3.8) is 0 Å². The third-order valence-electron chi connectivity index (χ3n) is 6.41. The predicted octanol–water partition coefficient (Wildman–Crippen LogP) is 1.50. The number of thioether (sulfide) groups is 1. The van der Waals surface area contributed by atoms with E-state index in [1.165, 1.54) is 11.8 Å². The number of H-pyrrole nitrogens is 1. The molecule has 0 radical (unpaired) electrons. The summed E-state index contributed by atoms with van der Waals surface area (Å²) < 4.78 is 0. The van der Waals surface area contributed by atoms with E-state index in [9.17, 15) is 24.3 Å². The lowest BCUT2D eigenvalue weighted by Crippen LogP contribution is -2.58.